The highest BCUT2D eigenvalue weighted by molar-refractivity contribution is 7.51. The number of phenols is 4. The van der Waals surface area contributed by atoms with Crippen molar-refractivity contribution in [2.75, 3.05) is 0 Å². The first-order valence-corrected chi connectivity index (χ1v) is 8.37. The Morgan fingerprint density at radius 1 is 0.444 bits per heavy atom. The molecule has 0 spiro atoms. The number of hydrogen-bond acceptors (Lipinski definition) is 6. The SMILES string of the molecule is O=S=O.Oc1cccc2c(O)cccc12.Oc1cccc2c(O)cccc12. The Morgan fingerprint density at radius 2 is 0.630 bits per heavy atom. The summed E-state index contributed by atoms with van der Waals surface area (Å²) in [4.78, 5) is 0. The number of rotatable bonds is 0. The molecule has 0 aliphatic heterocycles. The molecule has 7 heteroatoms. The van der Waals surface area contributed by atoms with Gasteiger partial charge in [-0.15, -0.1) is 0 Å². The predicted octanol–water partition coefficient (Wildman–Crippen LogP) is 3.83. The van der Waals surface area contributed by atoms with E-state index in [1.165, 1.54) is 0 Å². The third kappa shape index (κ3) is 4.74. The van der Waals surface area contributed by atoms with Crippen LogP contribution in [0.2, 0.25) is 0 Å². The molecule has 27 heavy (non-hydrogen) atoms. The van der Waals surface area contributed by atoms with E-state index in [4.69, 9.17) is 8.42 Å². The summed E-state index contributed by atoms with van der Waals surface area (Å²) in [5, 5.41) is 40.3. The fraction of sp³-hybridized carbons (Fsp3) is 0. The molecule has 138 valence electrons. The fourth-order valence-corrected chi connectivity index (χ4v) is 2.55. The normalized spacial score (nSPS) is 9.63. The molecule has 0 aliphatic carbocycles. The van der Waals surface area contributed by atoms with Crippen molar-refractivity contribution < 1.29 is 28.8 Å². The highest BCUT2D eigenvalue weighted by Crippen LogP contribution is 2.30. The number of aromatic hydroxyl groups is 4. The summed E-state index contributed by atoms with van der Waals surface area (Å²) in [5.74, 6) is 0.790. The van der Waals surface area contributed by atoms with Crippen LogP contribution in [0, 0.1) is 0 Å². The first-order valence-electron chi connectivity index (χ1n) is 7.70. The molecule has 0 aliphatic rings. The first-order chi connectivity index (χ1) is 13.0. The minimum absolute atomic E-state index is 0.198. The quantitative estimate of drug-likeness (QED) is 0.366. The van der Waals surface area contributed by atoms with Crippen molar-refractivity contribution in [3.63, 3.8) is 0 Å². The van der Waals surface area contributed by atoms with Gasteiger partial charge in [0, 0.05) is 21.5 Å². The van der Waals surface area contributed by atoms with Gasteiger partial charge in [-0.3, -0.25) is 0 Å². The number of hydrogen-bond donors (Lipinski definition) is 4. The summed E-state index contributed by atoms with van der Waals surface area (Å²) in [6.45, 7) is 0. The van der Waals surface area contributed by atoms with E-state index in [0.29, 0.717) is 21.5 Å². The van der Waals surface area contributed by atoms with Crippen molar-refractivity contribution in [3.8, 4) is 23.0 Å². The molecule has 0 amide bonds. The van der Waals surface area contributed by atoms with Crippen LogP contribution in [0.15, 0.2) is 72.8 Å². The highest BCUT2D eigenvalue weighted by atomic mass is 32.1. The van der Waals surface area contributed by atoms with Crippen LogP contribution in [-0.4, -0.2) is 28.8 Å². The Hall–Kier alpha value is -3.58. The lowest BCUT2D eigenvalue weighted by molar-refractivity contribution is 0.475. The van der Waals surface area contributed by atoms with Crippen molar-refractivity contribution in [1.29, 1.82) is 0 Å². The van der Waals surface area contributed by atoms with Gasteiger partial charge in [0.05, 0.1) is 0 Å². The van der Waals surface area contributed by atoms with E-state index in [1.54, 1.807) is 72.8 Å². The molecule has 4 N–H and O–H groups in total. The summed E-state index contributed by atoms with van der Waals surface area (Å²) in [6, 6.07) is 20.3. The molecule has 0 heterocycles. The molecule has 0 saturated carbocycles. The Morgan fingerprint density at radius 3 is 0.815 bits per heavy atom. The van der Waals surface area contributed by atoms with Crippen LogP contribution >= 0.6 is 0 Å². The molecule has 6 nitrogen and oxygen atoms in total. The maximum atomic E-state index is 9.38. The molecule has 0 radical (unpaired) electrons. The summed E-state index contributed by atoms with van der Waals surface area (Å²) < 4.78 is 16.6. The van der Waals surface area contributed by atoms with E-state index in [1.807, 2.05) is 0 Å². The van der Waals surface area contributed by atoms with Gasteiger partial charge >= 0.3 is 11.6 Å². The maximum absolute atomic E-state index is 9.38. The lowest BCUT2D eigenvalue weighted by atomic mass is 10.1. The van der Waals surface area contributed by atoms with E-state index in [-0.39, 0.29) is 23.0 Å². The van der Waals surface area contributed by atoms with Gasteiger partial charge in [0.2, 0.25) is 0 Å². The molecular weight excluding hydrogens is 368 g/mol. The number of benzene rings is 4. The zero-order valence-electron chi connectivity index (χ0n) is 13.9. The Balaban J connectivity index is 0.000000170. The largest absolute Gasteiger partial charge is 0.507 e. The van der Waals surface area contributed by atoms with Crippen molar-refractivity contribution in [2.24, 2.45) is 0 Å². The van der Waals surface area contributed by atoms with E-state index < -0.39 is 11.6 Å². The van der Waals surface area contributed by atoms with Gasteiger partial charge in [0.1, 0.15) is 23.0 Å². The molecule has 0 aromatic heterocycles. The third-order valence-electron chi connectivity index (χ3n) is 3.75. The van der Waals surface area contributed by atoms with Crippen molar-refractivity contribution in [2.45, 2.75) is 0 Å². The van der Waals surface area contributed by atoms with Gasteiger partial charge in [0.15, 0.2) is 0 Å². The molecule has 0 saturated heterocycles. The molecule has 0 unspecified atom stereocenters. The van der Waals surface area contributed by atoms with Crippen LogP contribution < -0.4 is 0 Å². The van der Waals surface area contributed by atoms with Crippen LogP contribution in [0.5, 0.6) is 23.0 Å². The maximum Gasteiger partial charge on any atom is 0.335 e. The molecular formula is C20H16O6S. The van der Waals surface area contributed by atoms with Crippen molar-refractivity contribution in [1.82, 2.24) is 0 Å². The fourth-order valence-electron chi connectivity index (χ4n) is 2.55. The van der Waals surface area contributed by atoms with Gasteiger partial charge in [-0.1, -0.05) is 48.5 Å². The molecule has 4 rings (SSSR count). The lowest BCUT2D eigenvalue weighted by Crippen LogP contribution is -1.73. The second kappa shape index (κ2) is 9.21. The van der Waals surface area contributed by atoms with Crippen LogP contribution in [0.3, 0.4) is 0 Å². The topological polar surface area (TPSA) is 115 Å². The summed E-state index contributed by atoms with van der Waals surface area (Å²) in [5.41, 5.74) is 0. The van der Waals surface area contributed by atoms with Crippen molar-refractivity contribution >= 4 is 33.1 Å². The molecule has 4 aromatic rings. The second-order valence-electron chi connectivity index (χ2n) is 5.37. The standard InChI is InChI=1S/2C10H8O2.O2S/c2*11-9-5-1-3-7-8(9)4-2-6-10(7)12;1-3-2/h2*1-6,11-12H;. The first kappa shape index (κ1) is 19.7. The zero-order valence-corrected chi connectivity index (χ0v) is 14.8. The average molecular weight is 384 g/mol. The van der Waals surface area contributed by atoms with Gasteiger partial charge < -0.3 is 20.4 Å². The van der Waals surface area contributed by atoms with Crippen LogP contribution in [-0.2, 0) is 11.6 Å². The molecule has 4 aromatic carbocycles. The minimum atomic E-state index is -0.750. The predicted molar refractivity (Wildman–Crippen MR) is 103 cm³/mol. The molecule has 0 fully saturated rings. The average Bonchev–Trinajstić information content (AvgIpc) is 2.65. The van der Waals surface area contributed by atoms with E-state index in [0.717, 1.165) is 0 Å². The Labute approximate surface area is 158 Å². The Kier molecular flexibility index (Phi) is 6.73. The van der Waals surface area contributed by atoms with E-state index in [2.05, 4.69) is 0 Å². The number of phenolic OH excluding ortho intramolecular Hbond substituents is 4. The van der Waals surface area contributed by atoms with Crippen LogP contribution in [0.4, 0.5) is 0 Å². The Bertz CT molecular complexity index is 938. The van der Waals surface area contributed by atoms with Gasteiger partial charge in [-0.05, 0) is 24.3 Å². The molecule has 0 atom stereocenters. The van der Waals surface area contributed by atoms with Gasteiger partial charge in [-0.25, -0.2) is 0 Å². The number of fused-ring (bicyclic) bond motifs is 2. The van der Waals surface area contributed by atoms with E-state index >= 15 is 0 Å². The monoisotopic (exact) mass is 384 g/mol. The second-order valence-corrected chi connectivity index (χ2v) is 5.50. The van der Waals surface area contributed by atoms with Crippen molar-refractivity contribution in [3.05, 3.63) is 72.8 Å². The zero-order chi connectivity index (χ0) is 19.8. The highest BCUT2D eigenvalue weighted by Gasteiger charge is 2.01. The molecule has 0 bridgehead atoms. The summed E-state index contributed by atoms with van der Waals surface area (Å²) in [6.07, 6.45) is 0. The lowest BCUT2D eigenvalue weighted by Gasteiger charge is -2.01. The van der Waals surface area contributed by atoms with Gasteiger partial charge in [-0.2, -0.15) is 8.42 Å². The minimum Gasteiger partial charge on any atom is -0.507 e. The van der Waals surface area contributed by atoms with Crippen LogP contribution in [0.1, 0.15) is 0 Å². The third-order valence-corrected chi connectivity index (χ3v) is 3.75. The van der Waals surface area contributed by atoms with Gasteiger partial charge in [0.25, 0.3) is 0 Å². The summed E-state index contributed by atoms with van der Waals surface area (Å²) in [7, 11) is 0. The smallest absolute Gasteiger partial charge is 0.335 e. The van der Waals surface area contributed by atoms with Crippen LogP contribution in [0.25, 0.3) is 21.5 Å². The van der Waals surface area contributed by atoms with E-state index in [9.17, 15) is 20.4 Å². The summed E-state index contributed by atoms with van der Waals surface area (Å²) >= 11 is -0.750.